The van der Waals surface area contributed by atoms with Gasteiger partial charge in [0.05, 0.1) is 32.1 Å². The summed E-state index contributed by atoms with van der Waals surface area (Å²) in [5.41, 5.74) is 2.17. The molecule has 1 N–H and O–H groups in total. The van der Waals surface area contributed by atoms with E-state index in [2.05, 4.69) is 19.2 Å². The number of carbonyl (C=O) groups excluding carboxylic acids is 1. The van der Waals surface area contributed by atoms with Crippen LogP contribution in [0.2, 0.25) is 0 Å². The van der Waals surface area contributed by atoms with Gasteiger partial charge in [0.15, 0.2) is 0 Å². The number of nitrogens with zero attached hydrogens (tertiary/aromatic N) is 1. The number of hydrogen-bond donors (Lipinski definition) is 1. The van der Waals surface area contributed by atoms with Crippen LogP contribution in [0.25, 0.3) is 0 Å². The van der Waals surface area contributed by atoms with E-state index < -0.39 is 10.0 Å². The number of benzene rings is 2. The molecule has 1 atom stereocenters. The van der Waals surface area contributed by atoms with Crippen LogP contribution in [-0.4, -0.2) is 52.0 Å². The van der Waals surface area contributed by atoms with Gasteiger partial charge >= 0.3 is 0 Å². The lowest BCUT2D eigenvalue weighted by Crippen LogP contribution is -2.41. The van der Waals surface area contributed by atoms with Crippen LogP contribution in [0, 0.1) is 5.92 Å². The van der Waals surface area contributed by atoms with E-state index in [1.54, 1.807) is 31.4 Å². The van der Waals surface area contributed by atoms with E-state index in [1.807, 2.05) is 24.3 Å². The van der Waals surface area contributed by atoms with Crippen LogP contribution in [0.1, 0.15) is 47.8 Å². The quantitative estimate of drug-likeness (QED) is 0.620. The van der Waals surface area contributed by atoms with Crippen molar-refractivity contribution >= 4 is 15.9 Å². The molecule has 1 aliphatic heterocycles. The molecule has 1 aliphatic rings. The summed E-state index contributed by atoms with van der Waals surface area (Å²) >= 11 is 0. The summed E-state index contributed by atoms with van der Waals surface area (Å²) < 4.78 is 37.1. The third-order valence-electron chi connectivity index (χ3n) is 5.46. The maximum absolute atomic E-state index is 12.9. The summed E-state index contributed by atoms with van der Waals surface area (Å²) in [4.78, 5) is 12.9. The Morgan fingerprint density at radius 2 is 1.69 bits per heavy atom. The zero-order valence-corrected chi connectivity index (χ0v) is 19.7. The second-order valence-corrected chi connectivity index (χ2v) is 10.4. The molecule has 1 heterocycles. The molecule has 1 fully saturated rings. The summed E-state index contributed by atoms with van der Waals surface area (Å²) in [6.07, 6.45) is 0.800. The Labute approximate surface area is 190 Å². The van der Waals surface area contributed by atoms with Crippen molar-refractivity contribution in [2.45, 2.75) is 32.1 Å². The molecule has 0 bridgehead atoms. The van der Waals surface area contributed by atoms with E-state index in [0.717, 1.165) is 17.7 Å². The van der Waals surface area contributed by atoms with Crippen LogP contribution >= 0.6 is 0 Å². The van der Waals surface area contributed by atoms with Crippen LogP contribution in [-0.2, 0) is 20.5 Å². The largest absolute Gasteiger partial charge is 0.497 e. The average Bonchev–Trinajstić information content (AvgIpc) is 2.79. The highest BCUT2D eigenvalue weighted by molar-refractivity contribution is 7.88. The van der Waals surface area contributed by atoms with Gasteiger partial charge in [-0.05, 0) is 47.7 Å². The minimum absolute atomic E-state index is 0.0866. The molecule has 0 aromatic heterocycles. The SMILES string of the molecule is COc1ccc(C(CC(C)C)NC(=O)c2ccc(CS(=O)(=O)N3CCOCC3)cc2)cc1. The second-order valence-electron chi connectivity index (χ2n) is 8.39. The van der Waals surface area contributed by atoms with Gasteiger partial charge < -0.3 is 14.8 Å². The first-order valence-corrected chi connectivity index (χ1v) is 12.5. The summed E-state index contributed by atoms with van der Waals surface area (Å²) in [6, 6.07) is 14.3. The number of amides is 1. The Morgan fingerprint density at radius 1 is 1.06 bits per heavy atom. The number of methoxy groups -OCH3 is 1. The zero-order chi connectivity index (χ0) is 23.1. The van der Waals surface area contributed by atoms with Gasteiger partial charge in [0.1, 0.15) is 5.75 Å². The van der Waals surface area contributed by atoms with E-state index in [0.29, 0.717) is 43.3 Å². The lowest BCUT2D eigenvalue weighted by atomic mass is 9.96. The Morgan fingerprint density at radius 3 is 2.25 bits per heavy atom. The predicted octanol–water partition coefficient (Wildman–Crippen LogP) is 3.37. The van der Waals surface area contributed by atoms with Gasteiger partial charge in [0.25, 0.3) is 5.91 Å². The number of morpholine rings is 1. The van der Waals surface area contributed by atoms with E-state index >= 15 is 0 Å². The van der Waals surface area contributed by atoms with Crippen molar-refractivity contribution in [3.63, 3.8) is 0 Å². The monoisotopic (exact) mass is 460 g/mol. The van der Waals surface area contributed by atoms with Crippen LogP contribution in [0.4, 0.5) is 0 Å². The van der Waals surface area contributed by atoms with Gasteiger partial charge in [-0.2, -0.15) is 4.31 Å². The number of carbonyl (C=O) groups is 1. The Balaban J connectivity index is 1.67. The normalized spacial score (nSPS) is 16.0. The summed E-state index contributed by atoms with van der Waals surface area (Å²) in [5, 5.41) is 3.12. The molecular weight excluding hydrogens is 428 g/mol. The lowest BCUT2D eigenvalue weighted by Gasteiger charge is -2.26. The van der Waals surface area contributed by atoms with Crippen molar-refractivity contribution in [3.8, 4) is 5.75 Å². The first-order chi connectivity index (χ1) is 15.3. The van der Waals surface area contributed by atoms with Crippen molar-refractivity contribution in [1.29, 1.82) is 0 Å². The highest BCUT2D eigenvalue weighted by atomic mass is 32.2. The molecule has 1 saturated heterocycles. The van der Waals surface area contributed by atoms with E-state index in [1.165, 1.54) is 4.31 Å². The standard InChI is InChI=1S/C24H32N2O5S/c1-18(2)16-23(20-8-10-22(30-3)11-9-20)25-24(27)21-6-4-19(5-7-21)17-32(28,29)26-12-14-31-15-13-26/h4-11,18,23H,12-17H2,1-3H3,(H,25,27). The van der Waals surface area contributed by atoms with E-state index in [4.69, 9.17) is 9.47 Å². The maximum atomic E-state index is 12.9. The predicted molar refractivity (Wildman–Crippen MR) is 124 cm³/mol. The number of sulfonamides is 1. The fourth-order valence-electron chi connectivity index (χ4n) is 3.71. The number of ether oxygens (including phenoxy) is 2. The Kier molecular flexibility index (Phi) is 8.28. The summed E-state index contributed by atoms with van der Waals surface area (Å²) in [7, 11) is -1.78. The number of hydrogen-bond acceptors (Lipinski definition) is 5. The van der Waals surface area contributed by atoms with Gasteiger partial charge in [0.2, 0.25) is 10.0 Å². The molecule has 3 rings (SSSR count). The minimum Gasteiger partial charge on any atom is -0.497 e. The smallest absolute Gasteiger partial charge is 0.251 e. The Hall–Kier alpha value is -2.42. The van der Waals surface area contributed by atoms with Crippen LogP contribution in [0.15, 0.2) is 48.5 Å². The fourth-order valence-corrected chi connectivity index (χ4v) is 5.21. The zero-order valence-electron chi connectivity index (χ0n) is 18.9. The van der Waals surface area contributed by atoms with Crippen molar-refractivity contribution in [2.75, 3.05) is 33.4 Å². The van der Waals surface area contributed by atoms with Gasteiger partial charge in [0, 0.05) is 18.7 Å². The third-order valence-corrected chi connectivity index (χ3v) is 7.31. The molecule has 0 radical (unpaired) electrons. The number of rotatable bonds is 9. The first kappa shape index (κ1) is 24.2. The van der Waals surface area contributed by atoms with Crippen LogP contribution in [0.5, 0.6) is 5.75 Å². The van der Waals surface area contributed by atoms with Crippen molar-refractivity contribution in [2.24, 2.45) is 5.92 Å². The van der Waals surface area contributed by atoms with Gasteiger partial charge in [-0.1, -0.05) is 38.1 Å². The van der Waals surface area contributed by atoms with Crippen molar-refractivity contribution in [1.82, 2.24) is 9.62 Å². The van der Waals surface area contributed by atoms with Gasteiger partial charge in [-0.25, -0.2) is 8.42 Å². The lowest BCUT2D eigenvalue weighted by molar-refractivity contribution is 0.0729. The van der Waals surface area contributed by atoms with E-state index in [9.17, 15) is 13.2 Å². The Bertz CT molecular complexity index is 982. The van der Waals surface area contributed by atoms with Gasteiger partial charge in [-0.3, -0.25) is 4.79 Å². The maximum Gasteiger partial charge on any atom is 0.251 e. The molecule has 0 aliphatic carbocycles. The molecule has 32 heavy (non-hydrogen) atoms. The van der Waals surface area contributed by atoms with Crippen LogP contribution in [0.3, 0.4) is 0 Å². The van der Waals surface area contributed by atoms with Gasteiger partial charge in [-0.15, -0.1) is 0 Å². The molecule has 2 aromatic rings. The molecule has 7 nitrogen and oxygen atoms in total. The highest BCUT2D eigenvalue weighted by Crippen LogP contribution is 2.24. The highest BCUT2D eigenvalue weighted by Gasteiger charge is 2.24. The summed E-state index contributed by atoms with van der Waals surface area (Å²) in [5.74, 6) is 0.895. The summed E-state index contributed by atoms with van der Waals surface area (Å²) in [6.45, 7) is 5.84. The molecule has 0 saturated carbocycles. The second kappa shape index (κ2) is 10.9. The molecule has 8 heteroatoms. The number of nitrogens with one attached hydrogen (secondary N) is 1. The van der Waals surface area contributed by atoms with Crippen molar-refractivity contribution < 1.29 is 22.7 Å². The molecule has 0 spiro atoms. The molecule has 2 aromatic carbocycles. The fraction of sp³-hybridized carbons (Fsp3) is 0.458. The first-order valence-electron chi connectivity index (χ1n) is 10.9. The molecular formula is C24H32N2O5S. The minimum atomic E-state index is -3.40. The molecule has 1 amide bonds. The van der Waals surface area contributed by atoms with E-state index in [-0.39, 0.29) is 17.7 Å². The van der Waals surface area contributed by atoms with Crippen molar-refractivity contribution in [3.05, 3.63) is 65.2 Å². The molecule has 174 valence electrons. The topological polar surface area (TPSA) is 84.9 Å². The molecule has 1 unspecified atom stereocenters. The van der Waals surface area contributed by atoms with Crippen LogP contribution < -0.4 is 10.1 Å². The third kappa shape index (κ3) is 6.54. The average molecular weight is 461 g/mol.